The van der Waals surface area contributed by atoms with Crippen molar-refractivity contribution in [3.63, 3.8) is 0 Å². The van der Waals surface area contributed by atoms with Crippen LogP contribution in [0.4, 0.5) is 0 Å². The molecular formula is C50H64ClNiP2-. The Morgan fingerprint density at radius 3 is 1.09 bits per heavy atom. The van der Waals surface area contributed by atoms with Gasteiger partial charge in [0.1, 0.15) is 0 Å². The molecule has 54 heavy (non-hydrogen) atoms. The Labute approximate surface area is 340 Å². The molecule has 4 fully saturated rings. The average Bonchev–Trinajstić information content (AvgIpc) is 3.22. The molecule has 0 heterocycles. The molecule has 0 aliphatic heterocycles. The van der Waals surface area contributed by atoms with Crippen molar-refractivity contribution in [3.8, 4) is 0 Å². The zero-order valence-electron chi connectivity index (χ0n) is 33.1. The van der Waals surface area contributed by atoms with E-state index in [2.05, 4.69) is 86.6 Å². The molecule has 0 spiro atoms. The number of hydrogen-bond donors (Lipinski definition) is 0. The predicted molar refractivity (Wildman–Crippen MR) is 239 cm³/mol. The molecule has 4 aliphatic rings. The van der Waals surface area contributed by atoms with Crippen LogP contribution in [0.3, 0.4) is 0 Å². The second-order valence-corrected chi connectivity index (χ2v) is 22.5. The van der Waals surface area contributed by atoms with E-state index in [0.29, 0.717) is 40.8 Å². The monoisotopic (exact) mass is 819 g/mol. The van der Waals surface area contributed by atoms with Gasteiger partial charge in [-0.15, -0.1) is 0 Å². The first kappa shape index (κ1) is 39.4. The van der Waals surface area contributed by atoms with Crippen molar-refractivity contribution < 1.29 is 12.5 Å². The maximum atomic E-state index is 8.43. The van der Waals surface area contributed by atoms with E-state index < -0.39 is 12.5 Å². The molecule has 4 aromatic rings. The summed E-state index contributed by atoms with van der Waals surface area (Å²) < 4.78 is 3.00. The molecule has 0 amide bonds. The molecule has 0 aromatic heterocycles. The Hall–Kier alpha value is -1.48. The van der Waals surface area contributed by atoms with Gasteiger partial charge in [0.15, 0.2) is 0 Å². The summed E-state index contributed by atoms with van der Waals surface area (Å²) in [6.07, 6.45) is 27.4. The third-order valence-corrected chi connectivity index (χ3v) is 19.7. The fourth-order valence-electron chi connectivity index (χ4n) is 10.8. The standard InChI is InChI=1S/2C25H32P.ClH.Ni/c2*1-19-17-23(20-11-5-2-6-12-20)25(21-13-7-3-8-14-21)24(18-19)26-22-15-9-4-10-16-22;;/h2*4,9-10,15-17,20-21,26H,2-3,5-8,11-14H2,1H3;1H;/p-1. The van der Waals surface area contributed by atoms with Gasteiger partial charge in [0.2, 0.25) is 0 Å². The Morgan fingerprint density at radius 2 is 0.759 bits per heavy atom. The number of rotatable bonds is 10. The number of halogens is 1. The molecule has 2 atom stereocenters. The zero-order chi connectivity index (χ0) is 36.9. The third kappa shape index (κ3) is 8.82. The van der Waals surface area contributed by atoms with Crippen molar-refractivity contribution in [1.29, 1.82) is 0 Å². The van der Waals surface area contributed by atoms with Crippen LogP contribution in [-0.2, 0) is 12.5 Å². The van der Waals surface area contributed by atoms with Crippen LogP contribution in [0.2, 0.25) is 0 Å². The fraction of sp³-hybridized carbons (Fsp3) is 0.520. The van der Waals surface area contributed by atoms with Crippen molar-refractivity contribution in [2.24, 2.45) is 0 Å². The molecule has 0 bridgehead atoms. The summed E-state index contributed by atoms with van der Waals surface area (Å²) in [6.45, 7) is 4.90. The molecule has 4 aliphatic carbocycles. The summed E-state index contributed by atoms with van der Waals surface area (Å²) in [7, 11) is 9.72. The van der Waals surface area contributed by atoms with Gasteiger partial charge in [-0.05, 0) is 0 Å². The topological polar surface area (TPSA) is 0 Å². The van der Waals surface area contributed by atoms with Crippen LogP contribution in [0, 0.1) is 13.8 Å². The second kappa shape index (κ2) is 18.9. The van der Waals surface area contributed by atoms with Crippen molar-refractivity contribution in [2.75, 3.05) is 0 Å². The molecule has 4 aromatic carbocycles. The molecule has 0 N–H and O–H groups in total. The van der Waals surface area contributed by atoms with Crippen molar-refractivity contribution in [3.05, 3.63) is 106 Å². The first-order chi connectivity index (χ1) is 26.6. The van der Waals surface area contributed by atoms with Gasteiger partial charge in [0.25, 0.3) is 0 Å². The van der Waals surface area contributed by atoms with Crippen LogP contribution in [0.5, 0.6) is 0 Å². The summed E-state index contributed by atoms with van der Waals surface area (Å²) in [4.78, 5) is 0. The SMILES string of the molecule is Cc1cc(C2CCCCC2)c(C2CCCCC2)c(Pc2ccccc2)[c]1[Ni-]([Cl])[c]1c(C)cc(C2CCCCC2)c(C2CCCCC2)c1Pc1ccccc1. The molecule has 0 nitrogen and oxygen atoms in total. The van der Waals surface area contributed by atoms with E-state index in [0.717, 1.165) is 0 Å². The normalized spacial score (nSPS) is 20.4. The fourth-order valence-corrected chi connectivity index (χ4v) is 18.2. The van der Waals surface area contributed by atoms with Crippen molar-refractivity contribution >= 4 is 57.6 Å². The van der Waals surface area contributed by atoms with Crippen molar-refractivity contribution in [2.45, 2.75) is 166 Å². The van der Waals surface area contributed by atoms with Crippen LogP contribution in [0.25, 0.3) is 0 Å². The summed E-state index contributed by atoms with van der Waals surface area (Å²) in [6, 6.07) is 28.3. The molecule has 8 rings (SSSR count). The summed E-state index contributed by atoms with van der Waals surface area (Å²) in [5.41, 5.74) is 9.86. The van der Waals surface area contributed by atoms with E-state index >= 15 is 0 Å². The summed E-state index contributed by atoms with van der Waals surface area (Å²) >= 11 is -0.760. The van der Waals surface area contributed by atoms with Gasteiger partial charge in [0, 0.05) is 0 Å². The van der Waals surface area contributed by atoms with Crippen LogP contribution in [0.15, 0.2) is 72.8 Å². The average molecular weight is 821 g/mol. The van der Waals surface area contributed by atoms with E-state index in [-0.39, 0.29) is 0 Å². The molecular weight excluding hydrogens is 757 g/mol. The number of hydrogen-bond acceptors (Lipinski definition) is 0. The van der Waals surface area contributed by atoms with Gasteiger partial charge in [-0.3, -0.25) is 0 Å². The Balaban J connectivity index is 1.37. The molecule has 0 radical (unpaired) electrons. The minimum atomic E-state index is -0.760. The van der Waals surface area contributed by atoms with E-state index in [1.54, 1.807) is 32.9 Å². The Bertz CT molecular complexity index is 1700. The third-order valence-electron chi connectivity index (χ3n) is 13.4. The van der Waals surface area contributed by atoms with Crippen molar-refractivity contribution in [1.82, 2.24) is 0 Å². The van der Waals surface area contributed by atoms with Gasteiger partial charge in [-0.25, -0.2) is 0 Å². The molecule has 0 saturated heterocycles. The van der Waals surface area contributed by atoms with Crippen LogP contribution in [0.1, 0.15) is 185 Å². The predicted octanol–water partition coefficient (Wildman–Crippen LogP) is 12.5. The first-order valence-corrected chi connectivity index (χ1v) is 26.2. The minimum absolute atomic E-state index is 0.642. The molecule has 4 saturated carbocycles. The van der Waals surface area contributed by atoms with E-state index in [1.807, 2.05) is 0 Å². The van der Waals surface area contributed by atoms with Gasteiger partial charge < -0.3 is 0 Å². The van der Waals surface area contributed by atoms with E-state index in [9.17, 15) is 0 Å². The van der Waals surface area contributed by atoms with Gasteiger partial charge >= 0.3 is 342 Å². The van der Waals surface area contributed by atoms with Gasteiger partial charge in [-0.1, -0.05) is 0 Å². The van der Waals surface area contributed by atoms with Gasteiger partial charge in [-0.2, -0.15) is 0 Å². The Morgan fingerprint density at radius 1 is 0.444 bits per heavy atom. The Kier molecular flexibility index (Phi) is 13.7. The molecule has 292 valence electrons. The number of aryl methyl sites for hydroxylation is 2. The van der Waals surface area contributed by atoms with E-state index in [1.165, 1.54) is 159 Å². The van der Waals surface area contributed by atoms with Crippen LogP contribution >= 0.6 is 27.4 Å². The number of benzene rings is 4. The van der Waals surface area contributed by atoms with Crippen LogP contribution in [-0.4, -0.2) is 0 Å². The zero-order valence-corrected chi connectivity index (χ0v) is 36.8. The molecule has 4 heteroatoms. The summed E-state index contributed by atoms with van der Waals surface area (Å²) in [5, 5.41) is 6.21. The quantitative estimate of drug-likeness (QED) is 0.110. The van der Waals surface area contributed by atoms with E-state index in [4.69, 9.17) is 10.2 Å². The maximum absolute atomic E-state index is 8.43. The van der Waals surface area contributed by atoms with Gasteiger partial charge in [0.05, 0.1) is 0 Å². The second-order valence-electron chi connectivity index (χ2n) is 17.2. The van der Waals surface area contributed by atoms with Crippen LogP contribution < -0.4 is 30.3 Å². The first-order valence-electron chi connectivity index (χ1n) is 21.8. The molecule has 2 unspecified atom stereocenters. The summed E-state index contributed by atoms with van der Waals surface area (Å²) in [5.74, 6) is 2.73.